The van der Waals surface area contributed by atoms with Gasteiger partial charge in [0.25, 0.3) is 0 Å². The zero-order valence-corrected chi connectivity index (χ0v) is 6.25. The van der Waals surface area contributed by atoms with Crippen LogP contribution >= 0.6 is 0 Å². The third-order valence-electron chi connectivity index (χ3n) is 3.41. The summed E-state index contributed by atoms with van der Waals surface area (Å²) < 4.78 is 36.7. The van der Waals surface area contributed by atoms with Crippen LogP contribution in [0.2, 0.25) is 0 Å². The van der Waals surface area contributed by atoms with E-state index in [-0.39, 0.29) is 5.41 Å². The molecule has 0 nitrogen and oxygen atoms in total. The van der Waals surface area contributed by atoms with Gasteiger partial charge in [0.1, 0.15) is 0 Å². The summed E-state index contributed by atoms with van der Waals surface area (Å²) in [6.45, 7) is 0. The first-order valence-electron chi connectivity index (χ1n) is 4.11. The number of alkyl halides is 3. The highest BCUT2D eigenvalue weighted by molar-refractivity contribution is 5.03. The van der Waals surface area contributed by atoms with Crippen LogP contribution < -0.4 is 0 Å². The molecule has 2 rings (SSSR count). The number of hydrogen-bond acceptors (Lipinski definition) is 0. The average molecular weight is 164 g/mol. The van der Waals surface area contributed by atoms with Crippen molar-refractivity contribution in [2.75, 3.05) is 0 Å². The minimum absolute atomic E-state index is 0.280. The molecule has 0 heterocycles. The Morgan fingerprint density at radius 2 is 1.73 bits per heavy atom. The first-order chi connectivity index (χ1) is 5.05. The minimum Gasteiger partial charge on any atom is -0.171 e. The van der Waals surface area contributed by atoms with Gasteiger partial charge in [-0.05, 0) is 31.1 Å². The molecule has 0 bridgehead atoms. The van der Waals surface area contributed by atoms with Crippen molar-refractivity contribution in [3.63, 3.8) is 0 Å². The summed E-state index contributed by atoms with van der Waals surface area (Å²) in [6.07, 6.45) is -0.0831. The van der Waals surface area contributed by atoms with Crippen molar-refractivity contribution in [3.8, 4) is 0 Å². The van der Waals surface area contributed by atoms with Crippen molar-refractivity contribution in [2.24, 2.45) is 11.3 Å². The summed E-state index contributed by atoms with van der Waals surface area (Å²) in [5.74, 6) is -0.955. The topological polar surface area (TPSA) is 0 Å². The van der Waals surface area contributed by atoms with E-state index in [0.717, 1.165) is 25.7 Å². The van der Waals surface area contributed by atoms with Gasteiger partial charge < -0.3 is 0 Å². The van der Waals surface area contributed by atoms with Crippen LogP contribution in [-0.4, -0.2) is 6.18 Å². The lowest BCUT2D eigenvalue weighted by atomic mass is 9.49. The standard InChI is InChI=1S/C8H11F3/c9-8(10,11)6-2-5-7(6)3-1-4-7/h6H,1-5H2. The van der Waals surface area contributed by atoms with Crippen molar-refractivity contribution in [2.45, 2.75) is 38.3 Å². The summed E-state index contributed by atoms with van der Waals surface area (Å²) in [7, 11) is 0. The number of hydrogen-bond donors (Lipinski definition) is 0. The molecule has 2 aliphatic carbocycles. The van der Waals surface area contributed by atoms with E-state index < -0.39 is 12.1 Å². The van der Waals surface area contributed by atoms with Crippen molar-refractivity contribution in [1.82, 2.24) is 0 Å². The summed E-state index contributed by atoms with van der Waals surface area (Å²) in [5.41, 5.74) is -0.280. The van der Waals surface area contributed by atoms with Crippen molar-refractivity contribution in [1.29, 1.82) is 0 Å². The molecule has 0 aromatic rings. The van der Waals surface area contributed by atoms with Gasteiger partial charge in [0.05, 0.1) is 5.92 Å². The molecule has 2 fully saturated rings. The largest absolute Gasteiger partial charge is 0.392 e. The summed E-state index contributed by atoms with van der Waals surface area (Å²) in [5, 5.41) is 0. The van der Waals surface area contributed by atoms with Crippen molar-refractivity contribution < 1.29 is 13.2 Å². The molecule has 0 aliphatic heterocycles. The normalized spacial score (nSPS) is 34.6. The maximum atomic E-state index is 12.2. The van der Waals surface area contributed by atoms with Crippen molar-refractivity contribution in [3.05, 3.63) is 0 Å². The Hall–Kier alpha value is -0.210. The highest BCUT2D eigenvalue weighted by atomic mass is 19.4. The Bertz CT molecular complexity index is 161. The Kier molecular flexibility index (Phi) is 1.31. The average Bonchev–Trinajstić information content (AvgIpc) is 1.49. The van der Waals surface area contributed by atoms with Crippen LogP contribution in [0.3, 0.4) is 0 Å². The predicted octanol–water partition coefficient (Wildman–Crippen LogP) is 3.13. The lowest BCUT2D eigenvalue weighted by Gasteiger charge is -2.56. The molecular formula is C8H11F3. The van der Waals surface area contributed by atoms with Crippen molar-refractivity contribution >= 4 is 0 Å². The zero-order valence-electron chi connectivity index (χ0n) is 6.25. The molecule has 0 amide bonds. The summed E-state index contributed by atoms with van der Waals surface area (Å²) in [4.78, 5) is 0. The first kappa shape index (κ1) is 7.44. The zero-order chi connectivity index (χ0) is 8.11. The predicted molar refractivity (Wildman–Crippen MR) is 35.1 cm³/mol. The summed E-state index contributed by atoms with van der Waals surface area (Å²) in [6, 6.07) is 0. The van der Waals surface area contributed by atoms with Gasteiger partial charge in [0, 0.05) is 0 Å². The summed E-state index contributed by atoms with van der Waals surface area (Å²) >= 11 is 0. The maximum Gasteiger partial charge on any atom is 0.392 e. The molecule has 0 aromatic heterocycles. The number of rotatable bonds is 0. The smallest absolute Gasteiger partial charge is 0.171 e. The van der Waals surface area contributed by atoms with Gasteiger partial charge in [-0.2, -0.15) is 13.2 Å². The van der Waals surface area contributed by atoms with Gasteiger partial charge in [-0.1, -0.05) is 6.42 Å². The van der Waals surface area contributed by atoms with Crippen LogP contribution in [-0.2, 0) is 0 Å². The molecule has 1 unspecified atom stereocenters. The van der Waals surface area contributed by atoms with Crippen LogP contribution in [0.15, 0.2) is 0 Å². The lowest BCUT2D eigenvalue weighted by Crippen LogP contribution is -2.52. The molecule has 0 N–H and O–H groups in total. The van der Waals surface area contributed by atoms with Gasteiger partial charge in [0.2, 0.25) is 0 Å². The van der Waals surface area contributed by atoms with Gasteiger partial charge >= 0.3 is 6.18 Å². The first-order valence-corrected chi connectivity index (χ1v) is 4.11. The second-order valence-corrected chi connectivity index (χ2v) is 3.85. The highest BCUT2D eigenvalue weighted by Crippen LogP contribution is 2.64. The fourth-order valence-electron chi connectivity index (χ4n) is 2.44. The van der Waals surface area contributed by atoms with Crippen LogP contribution in [0, 0.1) is 11.3 Å². The van der Waals surface area contributed by atoms with E-state index in [9.17, 15) is 13.2 Å². The molecule has 2 saturated carbocycles. The molecule has 0 aromatic carbocycles. The Morgan fingerprint density at radius 3 is 1.82 bits per heavy atom. The fourth-order valence-corrected chi connectivity index (χ4v) is 2.44. The van der Waals surface area contributed by atoms with E-state index >= 15 is 0 Å². The van der Waals surface area contributed by atoms with Gasteiger partial charge in [-0.25, -0.2) is 0 Å². The van der Waals surface area contributed by atoms with Crippen LogP contribution in [0.5, 0.6) is 0 Å². The molecule has 1 atom stereocenters. The molecule has 64 valence electrons. The second kappa shape index (κ2) is 1.93. The van der Waals surface area contributed by atoms with Gasteiger partial charge in [-0.3, -0.25) is 0 Å². The Balaban J connectivity index is 2.06. The lowest BCUT2D eigenvalue weighted by molar-refractivity contribution is -0.258. The van der Waals surface area contributed by atoms with Crippen LogP contribution in [0.1, 0.15) is 32.1 Å². The number of halogens is 3. The van der Waals surface area contributed by atoms with E-state index in [0.29, 0.717) is 6.42 Å². The van der Waals surface area contributed by atoms with Crippen LogP contribution in [0.25, 0.3) is 0 Å². The molecule has 0 radical (unpaired) electrons. The van der Waals surface area contributed by atoms with Gasteiger partial charge in [-0.15, -0.1) is 0 Å². The molecule has 0 saturated heterocycles. The third-order valence-corrected chi connectivity index (χ3v) is 3.41. The second-order valence-electron chi connectivity index (χ2n) is 3.85. The maximum absolute atomic E-state index is 12.2. The Labute approximate surface area is 63.8 Å². The molecule has 3 heteroatoms. The van der Waals surface area contributed by atoms with E-state index in [2.05, 4.69) is 0 Å². The monoisotopic (exact) mass is 164 g/mol. The van der Waals surface area contributed by atoms with E-state index in [1.54, 1.807) is 0 Å². The minimum atomic E-state index is -3.92. The molecule has 11 heavy (non-hydrogen) atoms. The van der Waals surface area contributed by atoms with E-state index in [4.69, 9.17) is 0 Å². The fraction of sp³-hybridized carbons (Fsp3) is 1.00. The third kappa shape index (κ3) is 0.893. The molecule has 1 spiro atoms. The SMILES string of the molecule is FC(F)(F)C1CCC12CCC2. The van der Waals surface area contributed by atoms with E-state index in [1.165, 1.54) is 0 Å². The Morgan fingerprint density at radius 1 is 1.09 bits per heavy atom. The van der Waals surface area contributed by atoms with E-state index in [1.807, 2.05) is 0 Å². The quantitative estimate of drug-likeness (QED) is 0.516. The molecule has 2 aliphatic rings. The van der Waals surface area contributed by atoms with Gasteiger partial charge in [0.15, 0.2) is 0 Å². The molecular weight excluding hydrogens is 153 g/mol. The van der Waals surface area contributed by atoms with Crippen LogP contribution in [0.4, 0.5) is 13.2 Å². The highest BCUT2D eigenvalue weighted by Gasteiger charge is 2.61.